The van der Waals surface area contributed by atoms with Gasteiger partial charge in [-0.1, -0.05) is 18.6 Å². The molecule has 0 aliphatic heterocycles. The van der Waals surface area contributed by atoms with Gasteiger partial charge in [0.05, 0.1) is 11.7 Å². The topological polar surface area (TPSA) is 78.3 Å². The predicted octanol–water partition coefficient (Wildman–Crippen LogP) is 2.33. The second-order valence-electron chi connectivity index (χ2n) is 7.77. The van der Waals surface area contributed by atoms with E-state index in [0.29, 0.717) is 30.3 Å². The number of hydrogen-bond donors (Lipinski definition) is 3. The first-order valence-corrected chi connectivity index (χ1v) is 9.77. The fraction of sp³-hybridized carbons (Fsp3) is 0.524. The standard InChI is InChI=1S/C21H26FN3O2/c22-18-7-2-1-6-15(18)21-23-9-8-14(25-21)10-16-17(12-26)20(27)11-19(16)24-13-4-3-5-13/h1-2,6-9,13,16-17,19-20,24,26-27H,3-5,10-12H2/t16-,17-,19-,20-/m1/s1. The Balaban J connectivity index is 1.55. The first-order valence-electron chi connectivity index (χ1n) is 9.77. The lowest BCUT2D eigenvalue weighted by Crippen LogP contribution is -2.45. The van der Waals surface area contributed by atoms with Crippen LogP contribution < -0.4 is 5.32 Å². The second kappa shape index (κ2) is 8.00. The van der Waals surface area contributed by atoms with Gasteiger partial charge in [-0.05, 0) is 49.8 Å². The van der Waals surface area contributed by atoms with E-state index in [1.807, 2.05) is 6.07 Å². The molecule has 2 aromatic rings. The van der Waals surface area contributed by atoms with Crippen LogP contribution in [-0.2, 0) is 6.42 Å². The predicted molar refractivity (Wildman–Crippen MR) is 100 cm³/mol. The summed E-state index contributed by atoms with van der Waals surface area (Å²) < 4.78 is 14.1. The summed E-state index contributed by atoms with van der Waals surface area (Å²) >= 11 is 0. The van der Waals surface area contributed by atoms with E-state index < -0.39 is 6.10 Å². The number of halogens is 1. The van der Waals surface area contributed by atoms with Crippen molar-refractivity contribution in [3.8, 4) is 11.4 Å². The molecule has 1 heterocycles. The van der Waals surface area contributed by atoms with Gasteiger partial charge in [-0.25, -0.2) is 14.4 Å². The van der Waals surface area contributed by atoms with Crippen molar-refractivity contribution in [3.63, 3.8) is 0 Å². The van der Waals surface area contributed by atoms with Crippen LogP contribution >= 0.6 is 0 Å². The lowest BCUT2D eigenvalue weighted by atomic mass is 9.86. The molecule has 1 aromatic carbocycles. The molecule has 1 aromatic heterocycles. The Bertz CT molecular complexity index is 784. The van der Waals surface area contributed by atoms with Gasteiger partial charge in [-0.15, -0.1) is 0 Å². The monoisotopic (exact) mass is 371 g/mol. The van der Waals surface area contributed by atoms with E-state index in [-0.39, 0.29) is 30.3 Å². The van der Waals surface area contributed by atoms with Gasteiger partial charge in [0.15, 0.2) is 5.82 Å². The van der Waals surface area contributed by atoms with Crippen LogP contribution in [0.2, 0.25) is 0 Å². The van der Waals surface area contributed by atoms with Gasteiger partial charge in [0.2, 0.25) is 0 Å². The largest absolute Gasteiger partial charge is 0.396 e. The number of aliphatic hydroxyl groups excluding tert-OH is 2. The maximum absolute atomic E-state index is 14.1. The molecule has 0 saturated heterocycles. The summed E-state index contributed by atoms with van der Waals surface area (Å²) in [5, 5.41) is 23.9. The van der Waals surface area contributed by atoms with Crippen LogP contribution in [0, 0.1) is 17.7 Å². The van der Waals surface area contributed by atoms with Gasteiger partial charge in [0, 0.05) is 36.5 Å². The minimum atomic E-state index is -0.509. The number of aromatic nitrogens is 2. The Morgan fingerprint density at radius 1 is 1.15 bits per heavy atom. The van der Waals surface area contributed by atoms with Gasteiger partial charge >= 0.3 is 0 Å². The fourth-order valence-corrected chi connectivity index (χ4v) is 4.34. The molecule has 2 saturated carbocycles. The third-order valence-corrected chi connectivity index (χ3v) is 6.10. The molecular formula is C21H26FN3O2. The third-order valence-electron chi connectivity index (χ3n) is 6.10. The number of rotatable bonds is 6. The van der Waals surface area contributed by atoms with E-state index in [1.165, 1.54) is 25.3 Å². The maximum atomic E-state index is 14.1. The van der Waals surface area contributed by atoms with Crippen molar-refractivity contribution in [2.45, 2.75) is 50.3 Å². The molecule has 144 valence electrons. The smallest absolute Gasteiger partial charge is 0.162 e. The highest BCUT2D eigenvalue weighted by Gasteiger charge is 2.43. The molecule has 0 unspecified atom stereocenters. The zero-order valence-corrected chi connectivity index (χ0v) is 15.3. The first-order chi connectivity index (χ1) is 13.2. The van der Waals surface area contributed by atoms with Crippen molar-refractivity contribution in [2.24, 2.45) is 11.8 Å². The molecule has 6 heteroatoms. The Labute approximate surface area is 158 Å². The zero-order valence-electron chi connectivity index (χ0n) is 15.3. The van der Waals surface area contributed by atoms with Crippen molar-refractivity contribution in [3.05, 3.63) is 48.0 Å². The number of hydrogen-bond acceptors (Lipinski definition) is 5. The summed E-state index contributed by atoms with van der Waals surface area (Å²) in [7, 11) is 0. The van der Waals surface area contributed by atoms with E-state index in [0.717, 1.165) is 5.69 Å². The van der Waals surface area contributed by atoms with Crippen molar-refractivity contribution < 1.29 is 14.6 Å². The highest BCUT2D eigenvalue weighted by Crippen LogP contribution is 2.36. The summed E-state index contributed by atoms with van der Waals surface area (Å²) in [4.78, 5) is 8.79. The molecule has 0 amide bonds. The molecule has 2 aliphatic carbocycles. The summed E-state index contributed by atoms with van der Waals surface area (Å²) in [5.74, 6) is -0.0553. The van der Waals surface area contributed by atoms with Crippen molar-refractivity contribution >= 4 is 0 Å². The van der Waals surface area contributed by atoms with Crippen molar-refractivity contribution in [1.29, 1.82) is 0 Å². The van der Waals surface area contributed by atoms with Gasteiger partial charge in [-0.2, -0.15) is 0 Å². The summed E-state index contributed by atoms with van der Waals surface area (Å²) in [6, 6.07) is 9.00. The highest BCUT2D eigenvalue weighted by molar-refractivity contribution is 5.55. The van der Waals surface area contributed by atoms with Gasteiger partial charge in [-0.3, -0.25) is 0 Å². The lowest BCUT2D eigenvalue weighted by molar-refractivity contribution is 0.0714. The normalized spacial score (nSPS) is 28.3. The molecule has 3 N–H and O–H groups in total. The van der Waals surface area contributed by atoms with E-state index in [4.69, 9.17) is 0 Å². The highest BCUT2D eigenvalue weighted by atomic mass is 19.1. The van der Waals surface area contributed by atoms with E-state index >= 15 is 0 Å². The molecule has 2 fully saturated rings. The quantitative estimate of drug-likeness (QED) is 0.726. The van der Waals surface area contributed by atoms with Crippen LogP contribution in [-0.4, -0.2) is 45.0 Å². The molecular weight excluding hydrogens is 345 g/mol. The van der Waals surface area contributed by atoms with Crippen LogP contribution in [0.5, 0.6) is 0 Å². The second-order valence-corrected chi connectivity index (χ2v) is 7.77. The Hall–Kier alpha value is -1.89. The van der Waals surface area contributed by atoms with Crippen molar-refractivity contribution in [2.75, 3.05) is 6.61 Å². The molecule has 4 rings (SSSR count). The van der Waals surface area contributed by atoms with E-state index in [9.17, 15) is 14.6 Å². The maximum Gasteiger partial charge on any atom is 0.162 e. The van der Waals surface area contributed by atoms with E-state index in [2.05, 4.69) is 15.3 Å². The molecule has 0 bridgehead atoms. The third kappa shape index (κ3) is 3.88. The van der Waals surface area contributed by atoms with Crippen LogP contribution in [0.25, 0.3) is 11.4 Å². The minimum Gasteiger partial charge on any atom is -0.396 e. The fourth-order valence-electron chi connectivity index (χ4n) is 4.34. The average molecular weight is 371 g/mol. The lowest BCUT2D eigenvalue weighted by Gasteiger charge is -2.33. The van der Waals surface area contributed by atoms with Crippen LogP contribution in [0.1, 0.15) is 31.4 Å². The molecule has 0 spiro atoms. The SMILES string of the molecule is OC[C@@H]1[C@@H](Cc2ccnc(-c3ccccc3F)n2)[C@H](NC2CCC2)C[C@H]1O. The number of benzene rings is 1. The minimum absolute atomic E-state index is 0.0417. The van der Waals surface area contributed by atoms with Gasteiger partial charge in [0.1, 0.15) is 5.82 Å². The van der Waals surface area contributed by atoms with E-state index in [1.54, 1.807) is 24.4 Å². The Morgan fingerprint density at radius 3 is 2.67 bits per heavy atom. The number of aliphatic hydroxyl groups is 2. The summed E-state index contributed by atoms with van der Waals surface area (Å²) in [6.45, 7) is -0.0417. The molecule has 5 nitrogen and oxygen atoms in total. The summed E-state index contributed by atoms with van der Waals surface area (Å²) in [6.07, 6.45) is 6.01. The van der Waals surface area contributed by atoms with Gasteiger partial charge < -0.3 is 15.5 Å². The van der Waals surface area contributed by atoms with Crippen molar-refractivity contribution in [1.82, 2.24) is 15.3 Å². The van der Waals surface area contributed by atoms with Gasteiger partial charge in [0.25, 0.3) is 0 Å². The average Bonchev–Trinajstić information content (AvgIpc) is 2.93. The van der Waals surface area contributed by atoms with Crippen LogP contribution in [0.4, 0.5) is 4.39 Å². The molecule has 4 atom stereocenters. The number of nitrogens with one attached hydrogen (secondary N) is 1. The first kappa shape index (κ1) is 18.5. The number of nitrogens with zero attached hydrogens (tertiary/aromatic N) is 2. The zero-order chi connectivity index (χ0) is 18.8. The molecule has 2 aliphatic rings. The molecule has 27 heavy (non-hydrogen) atoms. The van der Waals surface area contributed by atoms with Crippen LogP contribution in [0.3, 0.4) is 0 Å². The Kier molecular flexibility index (Phi) is 5.48. The molecule has 0 radical (unpaired) electrons. The summed E-state index contributed by atoms with van der Waals surface area (Å²) in [5.41, 5.74) is 1.19. The van der Waals surface area contributed by atoms with Crippen LogP contribution in [0.15, 0.2) is 36.5 Å². The Morgan fingerprint density at radius 2 is 1.96 bits per heavy atom.